The van der Waals surface area contributed by atoms with E-state index in [-0.39, 0.29) is 35.2 Å². The zero-order valence-electron chi connectivity index (χ0n) is 24.2. The molecule has 0 unspecified atom stereocenters. The molecule has 5 N–H and O–H groups in total. The number of anilines is 1. The van der Waals surface area contributed by atoms with Gasteiger partial charge in [-0.3, -0.25) is 15.0 Å². The third-order valence-corrected chi connectivity index (χ3v) is 6.48. The molecule has 0 aliphatic heterocycles. The van der Waals surface area contributed by atoms with Crippen LogP contribution in [-0.2, 0) is 11.3 Å². The number of amides is 2. The lowest BCUT2D eigenvalue weighted by Crippen LogP contribution is -2.24. The molecule has 1 heterocycles. The van der Waals surface area contributed by atoms with Gasteiger partial charge < -0.3 is 21.1 Å². The van der Waals surface area contributed by atoms with Crippen molar-refractivity contribution in [2.24, 2.45) is 5.73 Å². The number of pyridine rings is 1. The van der Waals surface area contributed by atoms with E-state index in [1.807, 2.05) is 50.3 Å². The molecule has 1 aromatic heterocycles. The number of esters is 1. The second-order valence-corrected chi connectivity index (χ2v) is 10.1. The van der Waals surface area contributed by atoms with Gasteiger partial charge in [-0.05, 0) is 74.4 Å². The van der Waals surface area contributed by atoms with Crippen molar-refractivity contribution in [2.45, 2.75) is 27.4 Å². The first-order chi connectivity index (χ1) is 20.6. The number of nitrogens with two attached hydrogens (primary N) is 1. The van der Waals surface area contributed by atoms with Crippen LogP contribution in [-0.4, -0.2) is 35.1 Å². The molecule has 0 aliphatic rings. The standard InChI is InChI=1S/C34H33N5O4/c1-21(2)17-18-37-32(40)25-12-16-27(29(19-25)34(42)43-20-23-7-5-4-6-8-23)28-15-9-22(3)38-30(28)33(41)39-26-13-10-24(11-14-26)31(35)36/h4-17,19H,18,20H2,1-3H3,(H3,35,36)(H,37,40)(H,39,41). The average Bonchev–Trinajstić information content (AvgIpc) is 3.00. The predicted octanol–water partition coefficient (Wildman–Crippen LogP) is 5.65. The van der Waals surface area contributed by atoms with Gasteiger partial charge >= 0.3 is 5.97 Å². The minimum absolute atomic E-state index is 0.0336. The van der Waals surface area contributed by atoms with Crippen molar-refractivity contribution in [3.05, 3.63) is 130 Å². The fraction of sp³-hybridized carbons (Fsp3) is 0.147. The lowest BCUT2D eigenvalue weighted by atomic mass is 9.95. The van der Waals surface area contributed by atoms with E-state index >= 15 is 0 Å². The van der Waals surface area contributed by atoms with Crippen molar-refractivity contribution < 1.29 is 19.1 Å². The van der Waals surface area contributed by atoms with Crippen molar-refractivity contribution in [3.63, 3.8) is 0 Å². The molecule has 9 heteroatoms. The number of aryl methyl sites for hydroxylation is 1. The zero-order chi connectivity index (χ0) is 30.9. The number of nitrogens with zero attached hydrogens (tertiary/aromatic N) is 1. The van der Waals surface area contributed by atoms with Crippen LogP contribution in [0.25, 0.3) is 11.1 Å². The summed E-state index contributed by atoms with van der Waals surface area (Å²) in [7, 11) is 0. The number of rotatable bonds is 10. The van der Waals surface area contributed by atoms with Crippen LogP contribution < -0.4 is 16.4 Å². The molecule has 0 fully saturated rings. The van der Waals surface area contributed by atoms with Gasteiger partial charge in [0.25, 0.3) is 11.8 Å². The molecule has 218 valence electrons. The highest BCUT2D eigenvalue weighted by Gasteiger charge is 2.23. The van der Waals surface area contributed by atoms with E-state index in [1.54, 1.807) is 55.5 Å². The highest BCUT2D eigenvalue weighted by molar-refractivity contribution is 6.10. The predicted molar refractivity (Wildman–Crippen MR) is 167 cm³/mol. The molecule has 4 aromatic rings. The van der Waals surface area contributed by atoms with Gasteiger partial charge in [-0.2, -0.15) is 0 Å². The molecule has 0 aliphatic carbocycles. The Morgan fingerprint density at radius 1 is 0.884 bits per heavy atom. The summed E-state index contributed by atoms with van der Waals surface area (Å²) >= 11 is 0. The number of carbonyl (C=O) groups excluding carboxylic acids is 3. The van der Waals surface area contributed by atoms with Crippen molar-refractivity contribution in [1.29, 1.82) is 5.41 Å². The Morgan fingerprint density at radius 3 is 2.23 bits per heavy atom. The smallest absolute Gasteiger partial charge is 0.339 e. The summed E-state index contributed by atoms with van der Waals surface area (Å²) in [6, 6.07) is 24.0. The summed E-state index contributed by atoms with van der Waals surface area (Å²) in [6.07, 6.45) is 1.89. The first kappa shape index (κ1) is 30.4. The maximum absolute atomic E-state index is 13.5. The van der Waals surface area contributed by atoms with E-state index in [0.717, 1.165) is 11.1 Å². The summed E-state index contributed by atoms with van der Waals surface area (Å²) in [6.45, 7) is 6.01. The van der Waals surface area contributed by atoms with Crippen LogP contribution in [0.15, 0.2) is 96.6 Å². The SMILES string of the molecule is CC(C)=CCNC(=O)c1ccc(-c2ccc(C)nc2C(=O)Nc2ccc(C(=N)N)cc2)c(C(=O)OCc2ccccc2)c1. The van der Waals surface area contributed by atoms with Crippen molar-refractivity contribution >= 4 is 29.3 Å². The molecule has 0 saturated heterocycles. The molecule has 2 amide bonds. The lowest BCUT2D eigenvalue weighted by Gasteiger charge is -2.15. The Bertz CT molecular complexity index is 1690. The van der Waals surface area contributed by atoms with Crippen LogP contribution in [0.1, 0.15) is 61.9 Å². The quantitative estimate of drug-likeness (QED) is 0.0832. The second kappa shape index (κ2) is 13.9. The number of allylic oxidation sites excluding steroid dienone is 1. The molecule has 0 radical (unpaired) electrons. The van der Waals surface area contributed by atoms with Gasteiger partial charge in [0.2, 0.25) is 0 Å². The van der Waals surface area contributed by atoms with Gasteiger partial charge in [-0.1, -0.05) is 54.1 Å². The first-order valence-corrected chi connectivity index (χ1v) is 13.6. The summed E-state index contributed by atoms with van der Waals surface area (Å²) < 4.78 is 5.65. The number of hydrogen-bond acceptors (Lipinski definition) is 6. The summed E-state index contributed by atoms with van der Waals surface area (Å²) in [4.78, 5) is 44.4. The van der Waals surface area contributed by atoms with Gasteiger partial charge in [0.1, 0.15) is 18.1 Å². The third kappa shape index (κ3) is 8.01. The maximum atomic E-state index is 13.5. The monoisotopic (exact) mass is 575 g/mol. The van der Waals surface area contributed by atoms with E-state index in [1.165, 1.54) is 6.07 Å². The van der Waals surface area contributed by atoms with E-state index < -0.39 is 11.9 Å². The van der Waals surface area contributed by atoms with Crippen LogP contribution in [0.2, 0.25) is 0 Å². The van der Waals surface area contributed by atoms with Crippen LogP contribution in [0.4, 0.5) is 5.69 Å². The normalized spacial score (nSPS) is 10.4. The molecule has 0 saturated carbocycles. The number of aromatic nitrogens is 1. The van der Waals surface area contributed by atoms with Crippen LogP contribution in [0, 0.1) is 12.3 Å². The number of amidine groups is 1. The Labute approximate surface area is 250 Å². The zero-order valence-corrected chi connectivity index (χ0v) is 24.2. The molecular formula is C34H33N5O4. The Hall–Kier alpha value is -5.57. The van der Waals surface area contributed by atoms with Gasteiger partial charge in [0.05, 0.1) is 5.56 Å². The molecule has 43 heavy (non-hydrogen) atoms. The molecule has 3 aromatic carbocycles. The third-order valence-electron chi connectivity index (χ3n) is 6.48. The fourth-order valence-electron chi connectivity index (χ4n) is 4.21. The van der Waals surface area contributed by atoms with Gasteiger partial charge in [-0.25, -0.2) is 9.78 Å². The topological polar surface area (TPSA) is 147 Å². The molecule has 4 rings (SSSR count). The van der Waals surface area contributed by atoms with Gasteiger partial charge in [0, 0.05) is 34.6 Å². The van der Waals surface area contributed by atoms with E-state index in [2.05, 4.69) is 15.6 Å². The molecule has 0 spiro atoms. The maximum Gasteiger partial charge on any atom is 0.339 e. The first-order valence-electron chi connectivity index (χ1n) is 13.6. The Kier molecular flexibility index (Phi) is 9.80. The van der Waals surface area contributed by atoms with E-state index in [0.29, 0.717) is 34.6 Å². The number of ether oxygens (including phenoxy) is 1. The molecule has 0 atom stereocenters. The number of carbonyl (C=O) groups is 3. The van der Waals surface area contributed by atoms with E-state index in [4.69, 9.17) is 15.9 Å². The summed E-state index contributed by atoms with van der Waals surface area (Å²) in [5, 5.41) is 13.2. The number of benzene rings is 3. The molecule has 0 bridgehead atoms. The van der Waals surface area contributed by atoms with Gasteiger partial charge in [-0.15, -0.1) is 0 Å². The highest BCUT2D eigenvalue weighted by Crippen LogP contribution is 2.29. The van der Waals surface area contributed by atoms with Crippen molar-refractivity contribution in [1.82, 2.24) is 10.3 Å². The van der Waals surface area contributed by atoms with Crippen LogP contribution >= 0.6 is 0 Å². The largest absolute Gasteiger partial charge is 0.457 e. The fourth-order valence-corrected chi connectivity index (χ4v) is 4.21. The number of hydrogen-bond donors (Lipinski definition) is 4. The van der Waals surface area contributed by atoms with E-state index in [9.17, 15) is 14.4 Å². The summed E-state index contributed by atoms with van der Waals surface area (Å²) in [5.41, 5.74) is 10.3. The van der Waals surface area contributed by atoms with Crippen molar-refractivity contribution in [3.8, 4) is 11.1 Å². The minimum atomic E-state index is -0.649. The summed E-state index contributed by atoms with van der Waals surface area (Å²) in [5.74, 6) is -1.58. The van der Waals surface area contributed by atoms with Crippen LogP contribution in [0.3, 0.4) is 0 Å². The second-order valence-electron chi connectivity index (χ2n) is 10.1. The number of nitrogens with one attached hydrogen (secondary N) is 3. The minimum Gasteiger partial charge on any atom is -0.457 e. The highest BCUT2D eigenvalue weighted by atomic mass is 16.5. The Morgan fingerprint density at radius 2 is 1.56 bits per heavy atom. The lowest BCUT2D eigenvalue weighted by molar-refractivity contribution is 0.0473. The number of nitrogen functional groups attached to an aromatic ring is 1. The van der Waals surface area contributed by atoms with Gasteiger partial charge in [0.15, 0.2) is 0 Å². The van der Waals surface area contributed by atoms with Crippen molar-refractivity contribution in [2.75, 3.05) is 11.9 Å². The molecular weight excluding hydrogens is 542 g/mol. The Balaban J connectivity index is 1.71. The average molecular weight is 576 g/mol. The molecule has 9 nitrogen and oxygen atoms in total. The van der Waals surface area contributed by atoms with Crippen LogP contribution in [0.5, 0.6) is 0 Å².